The van der Waals surface area contributed by atoms with E-state index in [2.05, 4.69) is 31.0 Å². The number of hydrogen-bond donors (Lipinski definition) is 1. The fourth-order valence-electron chi connectivity index (χ4n) is 5.98. The molecule has 5 rings (SSSR count). The zero-order valence-electron chi connectivity index (χ0n) is 20.8. The molecular weight excluding hydrogens is 428 g/mol. The fourth-order valence-corrected chi connectivity index (χ4v) is 5.98. The molecule has 0 radical (unpaired) electrons. The molecule has 0 unspecified atom stereocenters. The number of fused-ring (bicyclic) bond motifs is 3. The summed E-state index contributed by atoms with van der Waals surface area (Å²) < 4.78 is 11.4. The van der Waals surface area contributed by atoms with E-state index in [-0.39, 0.29) is 17.7 Å². The number of furan rings is 1. The number of aryl methyl sites for hydroxylation is 1. The van der Waals surface area contributed by atoms with Gasteiger partial charge in [0.2, 0.25) is 5.91 Å². The van der Waals surface area contributed by atoms with Crippen LogP contribution in [0.15, 0.2) is 32.0 Å². The van der Waals surface area contributed by atoms with E-state index in [1.54, 1.807) is 12.3 Å². The van der Waals surface area contributed by atoms with Crippen LogP contribution in [0.25, 0.3) is 21.9 Å². The molecule has 1 amide bonds. The summed E-state index contributed by atoms with van der Waals surface area (Å²) in [5.74, 6) is 0.389. The van der Waals surface area contributed by atoms with Gasteiger partial charge in [0.05, 0.1) is 18.2 Å². The van der Waals surface area contributed by atoms with Gasteiger partial charge in [-0.25, -0.2) is 4.79 Å². The molecule has 2 fully saturated rings. The Morgan fingerprint density at radius 2 is 1.88 bits per heavy atom. The maximum absolute atomic E-state index is 12.9. The van der Waals surface area contributed by atoms with Gasteiger partial charge in [0.15, 0.2) is 0 Å². The molecule has 4 heterocycles. The first kappa shape index (κ1) is 23.2. The maximum atomic E-state index is 12.9. The number of hydrogen-bond acceptors (Lipinski definition) is 5. The largest absolute Gasteiger partial charge is 0.464 e. The summed E-state index contributed by atoms with van der Waals surface area (Å²) in [5, 5.41) is 5.00. The van der Waals surface area contributed by atoms with Crippen LogP contribution in [0.4, 0.5) is 0 Å². The van der Waals surface area contributed by atoms with Gasteiger partial charge in [-0.3, -0.25) is 4.79 Å². The van der Waals surface area contributed by atoms with E-state index in [1.807, 2.05) is 13.0 Å². The van der Waals surface area contributed by atoms with Crippen molar-refractivity contribution in [3.8, 4) is 0 Å². The molecule has 2 aliphatic rings. The van der Waals surface area contributed by atoms with Crippen LogP contribution in [-0.4, -0.2) is 36.5 Å². The first-order valence-corrected chi connectivity index (χ1v) is 12.7. The van der Waals surface area contributed by atoms with Crippen LogP contribution >= 0.6 is 0 Å². The summed E-state index contributed by atoms with van der Waals surface area (Å²) in [6.45, 7) is 11.4. The van der Waals surface area contributed by atoms with Gasteiger partial charge in [-0.05, 0) is 68.7 Å². The number of nitrogens with one attached hydrogen (secondary N) is 1. The van der Waals surface area contributed by atoms with E-state index in [0.29, 0.717) is 35.2 Å². The Balaban J connectivity index is 1.37. The lowest BCUT2D eigenvalue weighted by atomic mass is 9.83. The van der Waals surface area contributed by atoms with Gasteiger partial charge < -0.3 is 19.1 Å². The summed E-state index contributed by atoms with van der Waals surface area (Å²) in [4.78, 5) is 28.3. The predicted octanol–water partition coefficient (Wildman–Crippen LogP) is 5.07. The number of amides is 1. The number of carbonyl (C=O) groups excluding carboxylic acids is 1. The first-order chi connectivity index (χ1) is 16.2. The van der Waals surface area contributed by atoms with Crippen LogP contribution in [0.3, 0.4) is 0 Å². The molecule has 2 aliphatic heterocycles. The summed E-state index contributed by atoms with van der Waals surface area (Å²) in [6, 6.07) is 4.41. The topological polar surface area (TPSA) is 75.7 Å². The highest BCUT2D eigenvalue weighted by Gasteiger charge is 2.33. The minimum atomic E-state index is -0.446. The van der Waals surface area contributed by atoms with Crippen LogP contribution in [0.2, 0.25) is 0 Å². The van der Waals surface area contributed by atoms with E-state index in [9.17, 15) is 9.59 Å². The zero-order chi connectivity index (χ0) is 24.0. The molecule has 2 saturated heterocycles. The highest BCUT2D eigenvalue weighted by atomic mass is 16.4. The van der Waals surface area contributed by atoms with Crippen molar-refractivity contribution < 1.29 is 13.6 Å². The SMILES string of the molecule is Cc1c(CC(=O)NC[C@H]2CCCN3CCCC[C@H]23)c(=O)oc2cc3occ(C(C)(C)C)c3cc12. The Morgan fingerprint density at radius 1 is 1.09 bits per heavy atom. The van der Waals surface area contributed by atoms with Crippen LogP contribution in [-0.2, 0) is 16.6 Å². The van der Waals surface area contributed by atoms with E-state index in [0.717, 1.165) is 28.3 Å². The van der Waals surface area contributed by atoms with Crippen molar-refractivity contribution >= 4 is 27.8 Å². The molecule has 3 aromatic rings. The van der Waals surface area contributed by atoms with Crippen LogP contribution < -0.4 is 10.9 Å². The van der Waals surface area contributed by atoms with Gasteiger partial charge in [-0.15, -0.1) is 0 Å². The summed E-state index contributed by atoms with van der Waals surface area (Å²) in [5.41, 5.74) is 3.03. The quantitative estimate of drug-likeness (QED) is 0.546. The third-order valence-electron chi connectivity index (χ3n) is 7.92. The highest BCUT2D eigenvalue weighted by Crippen LogP contribution is 2.35. The van der Waals surface area contributed by atoms with Gasteiger partial charge in [0.25, 0.3) is 0 Å². The molecule has 34 heavy (non-hydrogen) atoms. The van der Waals surface area contributed by atoms with Crippen molar-refractivity contribution in [3.05, 3.63) is 45.5 Å². The standard InChI is InChI=1S/C28H36N2O4/c1-17-19-12-21-22(28(2,3)4)16-33-24(21)14-25(19)34-27(32)20(17)13-26(31)29-15-18-8-7-11-30-10-6-5-9-23(18)30/h12,14,16,18,23H,5-11,13,15H2,1-4H3,(H,29,31)/t18-,23-/m1/s1. The summed E-state index contributed by atoms with van der Waals surface area (Å²) >= 11 is 0. The molecular formula is C28H36N2O4. The minimum Gasteiger partial charge on any atom is -0.464 e. The number of nitrogens with zero attached hydrogens (tertiary/aromatic N) is 1. The Kier molecular flexibility index (Phi) is 6.05. The maximum Gasteiger partial charge on any atom is 0.340 e. The van der Waals surface area contributed by atoms with Crippen LogP contribution in [0.5, 0.6) is 0 Å². The van der Waals surface area contributed by atoms with Crippen molar-refractivity contribution in [2.45, 2.75) is 77.7 Å². The van der Waals surface area contributed by atoms with E-state index in [4.69, 9.17) is 8.83 Å². The third-order valence-corrected chi connectivity index (χ3v) is 7.92. The highest BCUT2D eigenvalue weighted by molar-refractivity contribution is 5.97. The molecule has 0 saturated carbocycles. The van der Waals surface area contributed by atoms with Gasteiger partial charge in [0, 0.05) is 35.0 Å². The van der Waals surface area contributed by atoms with Crippen LogP contribution in [0.1, 0.15) is 69.6 Å². The van der Waals surface area contributed by atoms with Crippen molar-refractivity contribution in [1.82, 2.24) is 10.2 Å². The molecule has 0 spiro atoms. The number of benzene rings is 1. The predicted molar refractivity (Wildman–Crippen MR) is 134 cm³/mol. The molecule has 2 atom stereocenters. The summed E-state index contributed by atoms with van der Waals surface area (Å²) in [6.07, 6.45) is 7.98. The zero-order valence-corrected chi connectivity index (χ0v) is 20.8. The average Bonchev–Trinajstić information content (AvgIpc) is 3.23. The monoisotopic (exact) mass is 464 g/mol. The van der Waals surface area contributed by atoms with E-state index < -0.39 is 5.63 Å². The van der Waals surface area contributed by atoms with Gasteiger partial charge >= 0.3 is 5.63 Å². The second-order valence-electron chi connectivity index (χ2n) is 11.2. The lowest BCUT2D eigenvalue weighted by Crippen LogP contribution is -2.51. The smallest absolute Gasteiger partial charge is 0.340 e. The van der Waals surface area contributed by atoms with E-state index >= 15 is 0 Å². The second-order valence-corrected chi connectivity index (χ2v) is 11.2. The molecule has 1 N–H and O–H groups in total. The van der Waals surface area contributed by atoms with Crippen molar-refractivity contribution in [2.75, 3.05) is 19.6 Å². The minimum absolute atomic E-state index is 0.0424. The van der Waals surface area contributed by atoms with Gasteiger partial charge in [0.1, 0.15) is 11.2 Å². The molecule has 6 heteroatoms. The molecule has 0 aliphatic carbocycles. The molecule has 0 bridgehead atoms. The Hall–Kier alpha value is -2.60. The van der Waals surface area contributed by atoms with Crippen LogP contribution in [0, 0.1) is 12.8 Å². The number of piperidine rings is 2. The number of carbonyl (C=O) groups is 1. The number of rotatable bonds is 4. The average molecular weight is 465 g/mol. The Bertz CT molecular complexity index is 1280. The van der Waals surface area contributed by atoms with Crippen molar-refractivity contribution in [2.24, 2.45) is 5.92 Å². The normalized spacial score (nSPS) is 21.6. The third kappa shape index (κ3) is 4.28. The Labute approximate surface area is 200 Å². The Morgan fingerprint density at radius 3 is 2.68 bits per heavy atom. The van der Waals surface area contributed by atoms with E-state index in [1.165, 1.54) is 38.8 Å². The molecule has 182 valence electrons. The lowest BCUT2D eigenvalue weighted by molar-refractivity contribution is -0.120. The lowest BCUT2D eigenvalue weighted by Gasteiger charge is -2.44. The molecule has 6 nitrogen and oxygen atoms in total. The van der Waals surface area contributed by atoms with Crippen molar-refractivity contribution in [3.63, 3.8) is 0 Å². The fraction of sp³-hybridized carbons (Fsp3) is 0.571. The van der Waals surface area contributed by atoms with Gasteiger partial charge in [-0.1, -0.05) is 27.2 Å². The first-order valence-electron chi connectivity index (χ1n) is 12.7. The van der Waals surface area contributed by atoms with Gasteiger partial charge in [-0.2, -0.15) is 0 Å². The van der Waals surface area contributed by atoms with Crippen molar-refractivity contribution in [1.29, 1.82) is 0 Å². The molecule has 2 aromatic heterocycles. The second kappa shape index (κ2) is 8.88. The molecule has 1 aromatic carbocycles. The summed E-state index contributed by atoms with van der Waals surface area (Å²) in [7, 11) is 0.